The van der Waals surface area contributed by atoms with Crippen molar-refractivity contribution in [3.8, 4) is 0 Å². The molecule has 2 unspecified atom stereocenters. The zero-order valence-corrected chi connectivity index (χ0v) is 11.9. The van der Waals surface area contributed by atoms with Crippen molar-refractivity contribution in [2.24, 2.45) is 0 Å². The van der Waals surface area contributed by atoms with Crippen LogP contribution in [-0.4, -0.2) is 51.0 Å². The molecule has 1 aromatic rings. The van der Waals surface area contributed by atoms with Gasteiger partial charge in [0.15, 0.2) is 0 Å². The molecule has 2 atom stereocenters. The minimum Gasteiger partial charge on any atom is -0.432 e. The molecule has 0 amide bonds. The van der Waals surface area contributed by atoms with Gasteiger partial charge in [0.25, 0.3) is 6.01 Å². The summed E-state index contributed by atoms with van der Waals surface area (Å²) >= 11 is 0. The van der Waals surface area contributed by atoms with Crippen LogP contribution in [0.4, 0.5) is 6.01 Å². The fourth-order valence-electron chi connectivity index (χ4n) is 2.27. The van der Waals surface area contributed by atoms with Crippen LogP contribution in [0.25, 0.3) is 0 Å². The van der Waals surface area contributed by atoms with Crippen LogP contribution in [0.3, 0.4) is 0 Å². The van der Waals surface area contributed by atoms with Gasteiger partial charge in [-0.1, -0.05) is 6.92 Å². The zero-order chi connectivity index (χ0) is 13.7. The van der Waals surface area contributed by atoms with Crippen LogP contribution in [0.5, 0.6) is 0 Å². The van der Waals surface area contributed by atoms with E-state index in [2.05, 4.69) is 22.1 Å². The van der Waals surface area contributed by atoms with E-state index in [1.54, 1.807) is 20.5 Å². The van der Waals surface area contributed by atoms with Crippen LogP contribution in [0.2, 0.25) is 0 Å². The number of hydrogen-bond donors (Lipinski definition) is 1. The second kappa shape index (κ2) is 6.88. The van der Waals surface area contributed by atoms with E-state index in [1.807, 2.05) is 0 Å². The number of oxazole rings is 1. The minimum absolute atomic E-state index is 0.0681. The van der Waals surface area contributed by atoms with Gasteiger partial charge in [0.1, 0.15) is 18.5 Å². The van der Waals surface area contributed by atoms with Crippen molar-refractivity contribution in [1.82, 2.24) is 10.3 Å². The number of methoxy groups -OCH3 is 2. The Morgan fingerprint density at radius 2 is 2.05 bits per heavy atom. The van der Waals surface area contributed by atoms with Crippen molar-refractivity contribution >= 4 is 6.01 Å². The van der Waals surface area contributed by atoms with Crippen LogP contribution in [0, 0.1) is 0 Å². The summed E-state index contributed by atoms with van der Waals surface area (Å²) in [5.74, 6) is 0. The third-order valence-corrected chi connectivity index (χ3v) is 3.36. The monoisotopic (exact) mass is 269 g/mol. The molecule has 19 heavy (non-hydrogen) atoms. The topological polar surface area (TPSA) is 59.8 Å². The number of nitrogens with zero attached hydrogens (tertiary/aromatic N) is 2. The Labute approximate surface area is 114 Å². The number of rotatable bonds is 7. The Balaban J connectivity index is 1.92. The Hall–Kier alpha value is -1.11. The highest BCUT2D eigenvalue weighted by molar-refractivity contribution is 5.30. The van der Waals surface area contributed by atoms with Crippen LogP contribution in [-0.2, 0) is 16.0 Å². The molecule has 2 heterocycles. The molecule has 1 aromatic heterocycles. The highest BCUT2D eigenvalue weighted by Gasteiger charge is 2.35. The molecule has 1 aliphatic rings. The van der Waals surface area contributed by atoms with E-state index in [0.717, 1.165) is 38.3 Å². The maximum atomic E-state index is 5.53. The third kappa shape index (κ3) is 3.46. The maximum Gasteiger partial charge on any atom is 0.297 e. The van der Waals surface area contributed by atoms with Crippen molar-refractivity contribution < 1.29 is 13.9 Å². The number of aromatic nitrogens is 1. The summed E-state index contributed by atoms with van der Waals surface area (Å²) < 4.78 is 16.3. The van der Waals surface area contributed by atoms with Crippen LogP contribution in [0.15, 0.2) is 10.7 Å². The minimum atomic E-state index is 0.0681. The molecule has 0 saturated carbocycles. The summed E-state index contributed by atoms with van der Waals surface area (Å²) in [6, 6.07) is 0.648. The van der Waals surface area contributed by atoms with Crippen molar-refractivity contribution in [2.45, 2.75) is 32.1 Å². The van der Waals surface area contributed by atoms with Gasteiger partial charge in [-0.25, -0.2) is 0 Å². The van der Waals surface area contributed by atoms with E-state index in [9.17, 15) is 0 Å². The first-order valence-electron chi connectivity index (χ1n) is 6.74. The predicted molar refractivity (Wildman–Crippen MR) is 72.3 cm³/mol. The van der Waals surface area contributed by atoms with Crippen molar-refractivity contribution in [2.75, 3.05) is 38.8 Å². The van der Waals surface area contributed by atoms with Gasteiger partial charge in [-0.15, -0.1) is 0 Å². The molecule has 1 saturated heterocycles. The third-order valence-electron chi connectivity index (χ3n) is 3.36. The quantitative estimate of drug-likeness (QED) is 0.746. The average molecular weight is 269 g/mol. The van der Waals surface area contributed by atoms with E-state index in [-0.39, 0.29) is 12.2 Å². The van der Waals surface area contributed by atoms with Crippen molar-refractivity contribution in [1.29, 1.82) is 0 Å². The largest absolute Gasteiger partial charge is 0.432 e. The fraction of sp³-hybridized carbons (Fsp3) is 0.769. The van der Waals surface area contributed by atoms with E-state index >= 15 is 0 Å². The first-order chi connectivity index (χ1) is 9.28. The molecule has 1 N–H and O–H groups in total. The SMILES string of the molecule is CCCNCc1coc(N2CC(OC)C(OC)C2)n1. The van der Waals surface area contributed by atoms with Crippen molar-refractivity contribution in [3.63, 3.8) is 0 Å². The smallest absolute Gasteiger partial charge is 0.297 e. The molecule has 0 bridgehead atoms. The lowest BCUT2D eigenvalue weighted by atomic mass is 10.3. The molecular formula is C13H23N3O3. The molecule has 0 aliphatic carbocycles. The normalized spacial score (nSPS) is 23.2. The molecule has 1 fully saturated rings. The lowest BCUT2D eigenvalue weighted by Crippen LogP contribution is -2.27. The molecule has 6 nitrogen and oxygen atoms in total. The zero-order valence-electron chi connectivity index (χ0n) is 11.9. The Bertz CT molecular complexity index is 371. The van der Waals surface area contributed by atoms with Crippen LogP contribution >= 0.6 is 0 Å². The van der Waals surface area contributed by atoms with E-state index in [1.165, 1.54) is 0 Å². The number of ether oxygens (including phenoxy) is 2. The fourth-order valence-corrected chi connectivity index (χ4v) is 2.27. The number of nitrogens with one attached hydrogen (secondary N) is 1. The van der Waals surface area contributed by atoms with Gasteiger partial charge in [-0.3, -0.25) is 0 Å². The van der Waals surface area contributed by atoms with E-state index in [0.29, 0.717) is 6.01 Å². The maximum absolute atomic E-state index is 5.53. The number of anilines is 1. The molecule has 2 rings (SSSR count). The second-order valence-electron chi connectivity index (χ2n) is 4.75. The van der Waals surface area contributed by atoms with Gasteiger partial charge in [-0.2, -0.15) is 4.98 Å². The summed E-state index contributed by atoms with van der Waals surface area (Å²) in [5, 5.41) is 3.30. The first-order valence-corrected chi connectivity index (χ1v) is 6.74. The summed E-state index contributed by atoms with van der Waals surface area (Å²) in [6.45, 7) is 5.37. The van der Waals surface area contributed by atoms with E-state index < -0.39 is 0 Å². The summed E-state index contributed by atoms with van der Waals surface area (Å²) in [5.41, 5.74) is 0.929. The summed E-state index contributed by atoms with van der Waals surface area (Å²) in [6.07, 6.45) is 2.96. The lowest BCUT2D eigenvalue weighted by molar-refractivity contribution is -0.00461. The Kier molecular flexibility index (Phi) is 5.18. The van der Waals surface area contributed by atoms with Gasteiger partial charge < -0.3 is 24.1 Å². The predicted octanol–water partition coefficient (Wildman–Crippen LogP) is 1.02. The molecule has 0 radical (unpaired) electrons. The average Bonchev–Trinajstić information content (AvgIpc) is 3.04. The molecule has 108 valence electrons. The highest BCUT2D eigenvalue weighted by Crippen LogP contribution is 2.22. The van der Waals surface area contributed by atoms with E-state index in [4.69, 9.17) is 13.9 Å². The van der Waals surface area contributed by atoms with Gasteiger partial charge in [0, 0.05) is 20.8 Å². The highest BCUT2D eigenvalue weighted by atomic mass is 16.5. The van der Waals surface area contributed by atoms with Crippen LogP contribution in [0.1, 0.15) is 19.0 Å². The standard InChI is InChI=1S/C13H23N3O3/c1-4-5-14-6-10-9-19-13(15-10)16-7-11(17-2)12(8-16)18-3/h9,11-12,14H,4-8H2,1-3H3. The second-order valence-corrected chi connectivity index (χ2v) is 4.75. The molecule has 0 aromatic carbocycles. The summed E-state index contributed by atoms with van der Waals surface area (Å²) in [7, 11) is 3.41. The van der Waals surface area contributed by atoms with Gasteiger partial charge in [-0.05, 0) is 13.0 Å². The van der Waals surface area contributed by atoms with Crippen LogP contribution < -0.4 is 10.2 Å². The summed E-state index contributed by atoms with van der Waals surface area (Å²) in [4.78, 5) is 6.55. The molecule has 0 spiro atoms. The van der Waals surface area contributed by atoms with Gasteiger partial charge in [0.2, 0.25) is 0 Å². The lowest BCUT2D eigenvalue weighted by Gasteiger charge is -2.13. The Morgan fingerprint density at radius 3 is 2.63 bits per heavy atom. The Morgan fingerprint density at radius 1 is 1.37 bits per heavy atom. The molecule has 1 aliphatic heterocycles. The molecular weight excluding hydrogens is 246 g/mol. The first kappa shape index (κ1) is 14.3. The molecule has 6 heteroatoms. The van der Waals surface area contributed by atoms with Crippen molar-refractivity contribution in [3.05, 3.63) is 12.0 Å². The number of hydrogen-bond acceptors (Lipinski definition) is 6. The van der Waals surface area contributed by atoms with Gasteiger partial charge >= 0.3 is 0 Å². The van der Waals surface area contributed by atoms with Gasteiger partial charge in [0.05, 0.1) is 18.8 Å².